The molecule has 7 nitrogen and oxygen atoms in total. The van der Waals surface area contributed by atoms with E-state index >= 15 is 0 Å². The van der Waals surface area contributed by atoms with Crippen LogP contribution in [0.25, 0.3) is 0 Å². The summed E-state index contributed by atoms with van der Waals surface area (Å²) in [5.41, 5.74) is 2.97. The number of nitrogens with zero attached hydrogens (tertiary/aromatic N) is 2. The minimum atomic E-state index is 0.668. The molecule has 3 rings (SSSR count). The fourth-order valence-corrected chi connectivity index (χ4v) is 2.72. The fourth-order valence-electron chi connectivity index (χ4n) is 2.72. The number of hydrogen-bond acceptors (Lipinski definition) is 5. The molecule has 0 fully saturated rings. The van der Waals surface area contributed by atoms with Crippen molar-refractivity contribution in [2.75, 3.05) is 32.1 Å². The molecule has 0 saturated carbocycles. The van der Waals surface area contributed by atoms with Gasteiger partial charge in [-0.15, -0.1) is 0 Å². The predicted molar refractivity (Wildman–Crippen MR) is 96.7 cm³/mol. The summed E-state index contributed by atoms with van der Waals surface area (Å²) in [4.78, 5) is 4.26. The summed E-state index contributed by atoms with van der Waals surface area (Å²) < 4.78 is 16.6. The van der Waals surface area contributed by atoms with E-state index in [1.807, 2.05) is 32.0 Å². The highest BCUT2D eigenvalue weighted by molar-refractivity contribution is 5.93. The number of ether oxygens (including phenoxy) is 2. The van der Waals surface area contributed by atoms with Gasteiger partial charge in [0, 0.05) is 37.3 Å². The maximum absolute atomic E-state index is 5.72. The van der Waals surface area contributed by atoms with Crippen molar-refractivity contribution in [1.82, 2.24) is 10.5 Å². The first-order valence-electron chi connectivity index (χ1n) is 8.46. The smallest absolute Gasteiger partial charge is 0.195 e. The molecular formula is C18H24N4O3. The summed E-state index contributed by atoms with van der Waals surface area (Å²) in [6, 6.07) is 5.80. The zero-order valence-electron chi connectivity index (χ0n) is 14.9. The second kappa shape index (κ2) is 7.92. The third-order valence-electron chi connectivity index (χ3n) is 4.08. The topological polar surface area (TPSA) is 80.9 Å². The van der Waals surface area contributed by atoms with Crippen LogP contribution in [0.15, 0.2) is 27.7 Å². The van der Waals surface area contributed by atoms with Gasteiger partial charge in [0.05, 0.1) is 18.9 Å². The highest BCUT2D eigenvalue weighted by atomic mass is 16.5. The minimum absolute atomic E-state index is 0.668. The van der Waals surface area contributed by atoms with Crippen LogP contribution in [0.3, 0.4) is 0 Å². The lowest BCUT2D eigenvalue weighted by molar-refractivity contribution is 0.297. The lowest BCUT2D eigenvalue weighted by Gasteiger charge is -2.14. The van der Waals surface area contributed by atoms with Gasteiger partial charge in [-0.25, -0.2) is 0 Å². The SMILES string of the molecule is CN=C(NCCc1c(C)noc1C)Nc1ccc2c(c1)OCCCO2. The molecule has 134 valence electrons. The van der Waals surface area contributed by atoms with Gasteiger partial charge in [-0.1, -0.05) is 5.16 Å². The lowest BCUT2D eigenvalue weighted by atomic mass is 10.1. The van der Waals surface area contributed by atoms with Crippen LogP contribution in [-0.4, -0.2) is 37.9 Å². The van der Waals surface area contributed by atoms with Crippen molar-refractivity contribution in [3.8, 4) is 11.5 Å². The molecule has 25 heavy (non-hydrogen) atoms. The third kappa shape index (κ3) is 4.23. The number of aryl methyl sites for hydroxylation is 2. The first kappa shape index (κ1) is 17.1. The molecule has 0 bridgehead atoms. The van der Waals surface area contributed by atoms with E-state index < -0.39 is 0 Å². The van der Waals surface area contributed by atoms with Crippen LogP contribution >= 0.6 is 0 Å². The molecule has 0 saturated heterocycles. The molecule has 7 heteroatoms. The Morgan fingerprint density at radius 3 is 2.72 bits per heavy atom. The molecule has 0 aliphatic carbocycles. The third-order valence-corrected chi connectivity index (χ3v) is 4.08. The summed E-state index contributed by atoms with van der Waals surface area (Å²) in [5.74, 6) is 3.10. The number of guanidine groups is 1. The van der Waals surface area contributed by atoms with Crippen molar-refractivity contribution in [3.63, 3.8) is 0 Å². The Labute approximate surface area is 147 Å². The van der Waals surface area contributed by atoms with E-state index in [0.717, 1.165) is 53.6 Å². The van der Waals surface area contributed by atoms with E-state index in [4.69, 9.17) is 14.0 Å². The van der Waals surface area contributed by atoms with Crippen LogP contribution in [0.4, 0.5) is 5.69 Å². The maximum Gasteiger partial charge on any atom is 0.195 e. The van der Waals surface area contributed by atoms with Crippen LogP contribution in [0.2, 0.25) is 0 Å². The first-order chi connectivity index (χ1) is 12.2. The highest BCUT2D eigenvalue weighted by Gasteiger charge is 2.12. The van der Waals surface area contributed by atoms with Crippen molar-refractivity contribution in [2.45, 2.75) is 26.7 Å². The van der Waals surface area contributed by atoms with Gasteiger partial charge < -0.3 is 24.6 Å². The van der Waals surface area contributed by atoms with Gasteiger partial charge >= 0.3 is 0 Å². The van der Waals surface area contributed by atoms with Crippen molar-refractivity contribution >= 4 is 11.6 Å². The zero-order chi connectivity index (χ0) is 17.6. The summed E-state index contributed by atoms with van der Waals surface area (Å²) in [6.45, 7) is 5.97. The maximum atomic E-state index is 5.72. The normalized spacial score (nSPS) is 14.1. The Hall–Kier alpha value is -2.70. The fraction of sp³-hybridized carbons (Fsp3) is 0.444. The number of benzene rings is 1. The van der Waals surface area contributed by atoms with Gasteiger partial charge in [-0.3, -0.25) is 4.99 Å². The van der Waals surface area contributed by atoms with Crippen molar-refractivity contribution in [1.29, 1.82) is 0 Å². The number of anilines is 1. The first-order valence-corrected chi connectivity index (χ1v) is 8.46. The van der Waals surface area contributed by atoms with E-state index in [1.54, 1.807) is 7.05 Å². The van der Waals surface area contributed by atoms with Crippen molar-refractivity contribution < 1.29 is 14.0 Å². The van der Waals surface area contributed by atoms with Gasteiger partial charge in [0.1, 0.15) is 5.76 Å². The summed E-state index contributed by atoms with van der Waals surface area (Å²) in [6.07, 6.45) is 1.71. The Morgan fingerprint density at radius 1 is 1.20 bits per heavy atom. The number of aromatic nitrogens is 1. The van der Waals surface area contributed by atoms with Gasteiger partial charge in [-0.2, -0.15) is 0 Å². The largest absolute Gasteiger partial charge is 0.490 e. The van der Waals surface area contributed by atoms with Gasteiger partial charge in [0.25, 0.3) is 0 Å². The average molecular weight is 344 g/mol. The number of fused-ring (bicyclic) bond motifs is 1. The standard InChI is InChI=1S/C18H24N4O3/c1-12-15(13(2)25-22-12)7-8-20-18(19-3)21-14-5-6-16-17(11-14)24-10-4-9-23-16/h5-6,11H,4,7-10H2,1-3H3,(H2,19,20,21). The Morgan fingerprint density at radius 2 is 2.00 bits per heavy atom. The van der Waals surface area contributed by atoms with Crippen LogP contribution in [0, 0.1) is 13.8 Å². The van der Waals surface area contributed by atoms with Gasteiger partial charge in [-0.05, 0) is 32.4 Å². The number of rotatable bonds is 4. The van der Waals surface area contributed by atoms with Crippen LogP contribution in [0.1, 0.15) is 23.4 Å². The van der Waals surface area contributed by atoms with Crippen molar-refractivity contribution in [3.05, 3.63) is 35.2 Å². The second-order valence-electron chi connectivity index (χ2n) is 5.89. The number of hydrogen-bond donors (Lipinski definition) is 2. The Bertz CT molecular complexity index is 735. The van der Waals surface area contributed by atoms with Crippen LogP contribution in [0.5, 0.6) is 11.5 Å². The summed E-state index contributed by atoms with van der Waals surface area (Å²) in [7, 11) is 1.74. The predicted octanol–water partition coefficient (Wildman–Crippen LogP) is 2.68. The highest BCUT2D eigenvalue weighted by Crippen LogP contribution is 2.32. The number of aliphatic imine (C=N–C) groups is 1. The van der Waals surface area contributed by atoms with Crippen molar-refractivity contribution in [2.24, 2.45) is 4.99 Å². The molecule has 2 heterocycles. The van der Waals surface area contributed by atoms with E-state index in [2.05, 4.69) is 20.8 Å². The van der Waals surface area contributed by atoms with Gasteiger partial charge in [0.2, 0.25) is 0 Å². The molecule has 1 aromatic carbocycles. The van der Waals surface area contributed by atoms with E-state index in [9.17, 15) is 0 Å². The quantitative estimate of drug-likeness (QED) is 0.656. The Balaban J connectivity index is 1.58. The average Bonchev–Trinajstić information content (AvgIpc) is 2.81. The molecule has 2 aromatic rings. The summed E-state index contributed by atoms with van der Waals surface area (Å²) in [5, 5.41) is 10.5. The molecule has 0 unspecified atom stereocenters. The monoisotopic (exact) mass is 344 g/mol. The van der Waals surface area contributed by atoms with Crippen LogP contribution < -0.4 is 20.1 Å². The van der Waals surface area contributed by atoms with Gasteiger partial charge in [0.15, 0.2) is 17.5 Å². The van der Waals surface area contributed by atoms with E-state index in [-0.39, 0.29) is 0 Å². The molecular weight excluding hydrogens is 320 g/mol. The molecule has 0 atom stereocenters. The molecule has 2 N–H and O–H groups in total. The molecule has 0 amide bonds. The minimum Gasteiger partial charge on any atom is -0.490 e. The summed E-state index contributed by atoms with van der Waals surface area (Å²) >= 11 is 0. The van der Waals surface area contributed by atoms with E-state index in [1.165, 1.54) is 0 Å². The molecule has 1 aliphatic rings. The molecule has 1 aromatic heterocycles. The second-order valence-corrected chi connectivity index (χ2v) is 5.89. The molecule has 0 spiro atoms. The number of nitrogens with one attached hydrogen (secondary N) is 2. The van der Waals surface area contributed by atoms with E-state index in [0.29, 0.717) is 19.2 Å². The molecule has 0 radical (unpaired) electrons. The zero-order valence-corrected chi connectivity index (χ0v) is 14.9. The Kier molecular flexibility index (Phi) is 5.42. The molecule has 1 aliphatic heterocycles. The van der Waals surface area contributed by atoms with Crippen LogP contribution in [-0.2, 0) is 6.42 Å². The lowest BCUT2D eigenvalue weighted by Crippen LogP contribution is -2.32.